The van der Waals surface area contributed by atoms with Crippen molar-refractivity contribution in [3.63, 3.8) is 0 Å². The number of aromatic nitrogens is 3. The van der Waals surface area contributed by atoms with Gasteiger partial charge in [-0.15, -0.1) is 0 Å². The zero-order valence-corrected chi connectivity index (χ0v) is 19.3. The molecule has 1 aliphatic heterocycles. The first kappa shape index (κ1) is 22.1. The summed E-state index contributed by atoms with van der Waals surface area (Å²) in [6.45, 7) is 6.34. The fourth-order valence-electron chi connectivity index (χ4n) is 4.01. The number of amides is 1. The summed E-state index contributed by atoms with van der Waals surface area (Å²) in [6, 6.07) is 11.7. The number of ether oxygens (including phenoxy) is 1. The third kappa shape index (κ3) is 4.85. The van der Waals surface area contributed by atoms with Gasteiger partial charge in [-0.25, -0.2) is 4.98 Å². The summed E-state index contributed by atoms with van der Waals surface area (Å²) in [5.74, 6) is 1.61. The van der Waals surface area contributed by atoms with E-state index >= 15 is 0 Å². The number of carbonyl (C=O) groups excluding carboxylic acids is 1. The van der Waals surface area contributed by atoms with Gasteiger partial charge >= 0.3 is 0 Å². The summed E-state index contributed by atoms with van der Waals surface area (Å²) in [7, 11) is 4.02. The molecule has 4 rings (SSSR count). The van der Waals surface area contributed by atoms with Crippen LogP contribution in [0.3, 0.4) is 0 Å². The van der Waals surface area contributed by atoms with E-state index in [1.165, 1.54) is 0 Å². The van der Waals surface area contributed by atoms with Crippen molar-refractivity contribution >= 4 is 22.8 Å². The van der Waals surface area contributed by atoms with Gasteiger partial charge in [0.05, 0.1) is 17.1 Å². The van der Waals surface area contributed by atoms with Gasteiger partial charge in [-0.2, -0.15) is 5.10 Å². The molecule has 3 heterocycles. The number of pyridine rings is 1. The smallest absolute Gasteiger partial charge is 0.254 e. The van der Waals surface area contributed by atoms with Crippen LogP contribution in [0.1, 0.15) is 48.8 Å². The monoisotopic (exact) mass is 436 g/mol. The zero-order chi connectivity index (χ0) is 22.7. The van der Waals surface area contributed by atoms with Gasteiger partial charge in [0.2, 0.25) is 0 Å². The van der Waals surface area contributed by atoms with Gasteiger partial charge in [-0.1, -0.05) is 0 Å². The Hall–Kier alpha value is -3.13. The van der Waals surface area contributed by atoms with Crippen LogP contribution >= 0.6 is 0 Å². The molecule has 0 saturated carbocycles. The molecule has 1 atom stereocenters. The van der Waals surface area contributed by atoms with Crippen molar-refractivity contribution in [3.8, 4) is 5.75 Å². The van der Waals surface area contributed by atoms with Crippen LogP contribution < -0.4 is 10.1 Å². The number of anilines is 1. The number of aromatic amines is 1. The number of nitrogens with zero attached hydrogens (tertiary/aromatic N) is 4. The van der Waals surface area contributed by atoms with Crippen molar-refractivity contribution in [3.05, 3.63) is 47.7 Å². The Morgan fingerprint density at radius 3 is 2.75 bits per heavy atom. The molecule has 2 N–H and O–H groups in total. The average Bonchev–Trinajstić information content (AvgIpc) is 3.40. The number of likely N-dealkylation sites (tertiary alicyclic amines) is 1. The molecular formula is C24H32N6O2. The number of hydrogen-bond donors (Lipinski definition) is 2. The quantitative estimate of drug-likeness (QED) is 0.560. The number of likely N-dealkylation sites (N-methyl/N-ethyl adjacent to an activating group) is 1. The van der Waals surface area contributed by atoms with E-state index < -0.39 is 0 Å². The maximum absolute atomic E-state index is 13.3. The lowest BCUT2D eigenvalue weighted by Gasteiger charge is -2.24. The molecule has 8 heteroatoms. The summed E-state index contributed by atoms with van der Waals surface area (Å²) in [5.41, 5.74) is 2.30. The van der Waals surface area contributed by atoms with Gasteiger partial charge in [0.15, 0.2) is 11.5 Å². The first-order valence-electron chi connectivity index (χ1n) is 11.2. The van der Waals surface area contributed by atoms with Crippen LogP contribution in [0.5, 0.6) is 5.75 Å². The Labute approximate surface area is 189 Å². The molecule has 1 amide bonds. The first-order chi connectivity index (χ1) is 15.4. The number of benzene rings is 1. The number of H-pyrrole nitrogens is 1. The molecule has 32 heavy (non-hydrogen) atoms. The van der Waals surface area contributed by atoms with Gasteiger partial charge < -0.3 is 19.9 Å². The van der Waals surface area contributed by atoms with Crippen molar-refractivity contribution in [2.24, 2.45) is 0 Å². The highest BCUT2D eigenvalue weighted by Crippen LogP contribution is 2.33. The summed E-state index contributed by atoms with van der Waals surface area (Å²) < 4.78 is 5.74. The maximum atomic E-state index is 13.3. The van der Waals surface area contributed by atoms with Crippen LogP contribution in [-0.2, 0) is 0 Å². The van der Waals surface area contributed by atoms with E-state index in [-0.39, 0.29) is 18.0 Å². The fourth-order valence-corrected chi connectivity index (χ4v) is 4.01. The Bertz CT molecular complexity index is 1060. The van der Waals surface area contributed by atoms with E-state index in [9.17, 15) is 4.79 Å². The van der Waals surface area contributed by atoms with E-state index in [0.717, 1.165) is 54.2 Å². The molecule has 170 valence electrons. The highest BCUT2D eigenvalue weighted by Gasteiger charge is 2.32. The topological polar surface area (TPSA) is 86.4 Å². The molecular weight excluding hydrogens is 404 g/mol. The number of fused-ring (bicyclic) bond motifs is 1. The first-order valence-corrected chi connectivity index (χ1v) is 11.2. The predicted octanol–water partition coefficient (Wildman–Crippen LogP) is 3.70. The van der Waals surface area contributed by atoms with Crippen LogP contribution in [0.25, 0.3) is 11.0 Å². The van der Waals surface area contributed by atoms with E-state index in [1.807, 2.05) is 55.4 Å². The van der Waals surface area contributed by atoms with Crippen LogP contribution in [0.2, 0.25) is 0 Å². The molecule has 1 fully saturated rings. The predicted molar refractivity (Wildman–Crippen MR) is 126 cm³/mol. The summed E-state index contributed by atoms with van der Waals surface area (Å²) in [6.07, 6.45) is 1.87. The molecule has 2 aromatic heterocycles. The minimum absolute atomic E-state index is 0.0287. The SMILES string of the molecule is CC(C)Nc1n[nH]c2nc(C3CCCN3C(=O)c3ccc(OCCN(C)C)cc3)ccc12. The molecule has 0 radical (unpaired) electrons. The van der Waals surface area contributed by atoms with E-state index in [1.54, 1.807) is 0 Å². The van der Waals surface area contributed by atoms with Crippen LogP contribution in [0.4, 0.5) is 5.82 Å². The minimum Gasteiger partial charge on any atom is -0.492 e. The Kier molecular flexibility index (Phi) is 6.60. The normalized spacial score (nSPS) is 16.3. The molecule has 0 bridgehead atoms. The number of carbonyl (C=O) groups is 1. The second-order valence-corrected chi connectivity index (χ2v) is 8.84. The number of hydrogen-bond acceptors (Lipinski definition) is 6. The summed E-state index contributed by atoms with van der Waals surface area (Å²) >= 11 is 0. The standard InChI is InChI=1S/C24H32N6O2/c1-16(2)25-22-19-11-12-20(26-23(19)28-27-22)21-6-5-13-30(21)24(31)17-7-9-18(10-8-17)32-15-14-29(3)4/h7-12,16,21H,5-6,13-15H2,1-4H3,(H2,25,26,27,28). The Morgan fingerprint density at radius 1 is 1.25 bits per heavy atom. The molecule has 1 aromatic carbocycles. The van der Waals surface area contributed by atoms with Crippen LogP contribution in [0, 0.1) is 0 Å². The van der Waals surface area contributed by atoms with E-state index in [4.69, 9.17) is 9.72 Å². The van der Waals surface area contributed by atoms with Crippen molar-refractivity contribution in [1.82, 2.24) is 25.0 Å². The van der Waals surface area contributed by atoms with Gasteiger partial charge in [0.1, 0.15) is 12.4 Å². The fraction of sp³-hybridized carbons (Fsp3) is 0.458. The lowest BCUT2D eigenvalue weighted by molar-refractivity contribution is 0.0733. The van der Waals surface area contributed by atoms with Crippen molar-refractivity contribution in [2.45, 2.75) is 38.8 Å². The molecule has 0 aliphatic carbocycles. The lowest BCUT2D eigenvalue weighted by Crippen LogP contribution is -2.31. The molecule has 3 aromatic rings. The molecule has 1 saturated heterocycles. The van der Waals surface area contributed by atoms with Gasteiger partial charge in [-0.3, -0.25) is 9.89 Å². The van der Waals surface area contributed by atoms with Gasteiger partial charge in [0.25, 0.3) is 5.91 Å². The molecule has 0 spiro atoms. The third-order valence-electron chi connectivity index (χ3n) is 5.63. The van der Waals surface area contributed by atoms with E-state index in [0.29, 0.717) is 12.2 Å². The third-order valence-corrected chi connectivity index (χ3v) is 5.63. The zero-order valence-electron chi connectivity index (χ0n) is 19.3. The highest BCUT2D eigenvalue weighted by molar-refractivity contribution is 5.95. The van der Waals surface area contributed by atoms with Crippen LogP contribution in [0.15, 0.2) is 36.4 Å². The second-order valence-electron chi connectivity index (χ2n) is 8.84. The van der Waals surface area contributed by atoms with Crippen molar-refractivity contribution in [1.29, 1.82) is 0 Å². The maximum Gasteiger partial charge on any atom is 0.254 e. The Morgan fingerprint density at radius 2 is 2.03 bits per heavy atom. The lowest BCUT2D eigenvalue weighted by atomic mass is 10.1. The van der Waals surface area contributed by atoms with Crippen molar-refractivity contribution in [2.75, 3.05) is 39.1 Å². The number of rotatable bonds is 8. The second kappa shape index (κ2) is 9.56. The minimum atomic E-state index is -0.0345. The highest BCUT2D eigenvalue weighted by atomic mass is 16.5. The Balaban J connectivity index is 1.47. The van der Waals surface area contributed by atoms with E-state index in [2.05, 4.69) is 34.3 Å². The summed E-state index contributed by atoms with van der Waals surface area (Å²) in [5, 5.41) is 11.7. The van der Waals surface area contributed by atoms with Gasteiger partial charge in [0, 0.05) is 24.7 Å². The van der Waals surface area contributed by atoms with Gasteiger partial charge in [-0.05, 0) is 77.2 Å². The number of nitrogens with one attached hydrogen (secondary N) is 2. The van der Waals surface area contributed by atoms with Crippen molar-refractivity contribution < 1.29 is 9.53 Å². The molecule has 1 aliphatic rings. The largest absolute Gasteiger partial charge is 0.492 e. The molecule has 8 nitrogen and oxygen atoms in total. The van der Waals surface area contributed by atoms with Crippen LogP contribution in [-0.4, -0.2) is 70.7 Å². The average molecular weight is 437 g/mol. The molecule has 1 unspecified atom stereocenters. The summed E-state index contributed by atoms with van der Waals surface area (Å²) in [4.78, 5) is 22.1.